The number of benzene rings is 3. The molecule has 4 aromatic rings. The predicted octanol–water partition coefficient (Wildman–Crippen LogP) is 6.08. The zero-order chi connectivity index (χ0) is 26.4. The summed E-state index contributed by atoms with van der Waals surface area (Å²) in [5.74, 6) is 0.0975. The number of hydrogen-bond donors (Lipinski definition) is 1. The molecule has 4 rings (SSSR count). The third kappa shape index (κ3) is 6.09. The Morgan fingerprint density at radius 3 is 2.46 bits per heavy atom. The van der Waals surface area contributed by atoms with Gasteiger partial charge in [-0.25, -0.2) is 9.18 Å². The van der Waals surface area contributed by atoms with Crippen molar-refractivity contribution in [1.29, 1.82) is 0 Å². The van der Waals surface area contributed by atoms with E-state index in [-0.39, 0.29) is 11.6 Å². The molecule has 0 aliphatic rings. The number of nitrogens with one attached hydrogen (secondary N) is 1. The molecular weight excluding hydrogens is 473 g/mol. The molecule has 0 unspecified atom stereocenters. The number of rotatable bonds is 9. The summed E-state index contributed by atoms with van der Waals surface area (Å²) in [6.45, 7) is 6.80. The highest BCUT2D eigenvalue weighted by Crippen LogP contribution is 2.35. The lowest BCUT2D eigenvalue weighted by Gasteiger charge is -2.21. The molecule has 0 saturated heterocycles. The zero-order valence-electron chi connectivity index (χ0n) is 21.1. The maximum absolute atomic E-state index is 13.7. The van der Waals surface area contributed by atoms with E-state index in [1.54, 1.807) is 36.1 Å². The molecule has 1 N–H and O–H groups in total. The van der Waals surface area contributed by atoms with E-state index in [0.717, 1.165) is 11.1 Å². The number of carbonyl (C=O) groups excluding carboxylic acids is 2. The van der Waals surface area contributed by atoms with E-state index in [1.807, 2.05) is 61.0 Å². The zero-order valence-corrected chi connectivity index (χ0v) is 21.1. The van der Waals surface area contributed by atoms with Crippen LogP contribution in [0.2, 0.25) is 0 Å². The Morgan fingerprint density at radius 1 is 1.00 bits per heavy atom. The molecule has 192 valence electrons. The molecule has 37 heavy (non-hydrogen) atoms. The smallest absolute Gasteiger partial charge is 0.415 e. The van der Waals surface area contributed by atoms with Gasteiger partial charge in [0.15, 0.2) is 11.9 Å². The molecule has 2 amide bonds. The largest absolute Gasteiger partial charge is 0.481 e. The minimum absolute atomic E-state index is 0.230. The average Bonchev–Trinajstić information content (AvgIpc) is 3.29. The molecule has 0 spiro atoms. The molecule has 1 aromatic heterocycles. The summed E-state index contributed by atoms with van der Waals surface area (Å²) in [4.78, 5) is 27.4. The number of carbonyl (C=O) groups is 2. The van der Waals surface area contributed by atoms with Crippen molar-refractivity contribution >= 4 is 28.6 Å². The van der Waals surface area contributed by atoms with Crippen LogP contribution in [0.1, 0.15) is 26.3 Å². The topological polar surface area (TPSA) is 72.8 Å². The van der Waals surface area contributed by atoms with Crippen LogP contribution in [0.3, 0.4) is 0 Å². The Kier molecular flexibility index (Phi) is 8.08. The summed E-state index contributed by atoms with van der Waals surface area (Å²) >= 11 is 0. The van der Waals surface area contributed by atoms with Crippen molar-refractivity contribution in [3.05, 3.63) is 90.4 Å². The summed E-state index contributed by atoms with van der Waals surface area (Å²) < 4.78 is 27.2. The van der Waals surface area contributed by atoms with E-state index >= 15 is 0 Å². The SMILES string of the molecule is CCN(CC)C(=O)Oc1ccc2c(ccn2Cc2cccc(F)c2)c1NC(=O)[C@@H](C)Oc1ccccc1. The Morgan fingerprint density at radius 2 is 1.76 bits per heavy atom. The third-order valence-electron chi connectivity index (χ3n) is 6.05. The lowest BCUT2D eigenvalue weighted by atomic mass is 10.1. The van der Waals surface area contributed by atoms with E-state index in [4.69, 9.17) is 9.47 Å². The van der Waals surface area contributed by atoms with E-state index in [9.17, 15) is 14.0 Å². The molecule has 0 saturated carbocycles. The quantitative estimate of drug-likeness (QED) is 0.301. The second kappa shape index (κ2) is 11.6. The first-order valence-electron chi connectivity index (χ1n) is 12.2. The van der Waals surface area contributed by atoms with Gasteiger partial charge in [-0.1, -0.05) is 30.3 Å². The lowest BCUT2D eigenvalue weighted by molar-refractivity contribution is -0.122. The van der Waals surface area contributed by atoms with Crippen LogP contribution in [0.25, 0.3) is 10.9 Å². The molecule has 0 aliphatic carbocycles. The maximum Gasteiger partial charge on any atom is 0.415 e. The highest BCUT2D eigenvalue weighted by Gasteiger charge is 2.22. The summed E-state index contributed by atoms with van der Waals surface area (Å²) in [7, 11) is 0. The molecule has 0 aliphatic heterocycles. The highest BCUT2D eigenvalue weighted by molar-refractivity contribution is 6.06. The summed E-state index contributed by atoms with van der Waals surface area (Å²) in [6.07, 6.45) is 0.538. The van der Waals surface area contributed by atoms with Crippen LogP contribution in [0.5, 0.6) is 11.5 Å². The second-order valence-electron chi connectivity index (χ2n) is 8.55. The van der Waals surface area contributed by atoms with Crippen molar-refractivity contribution in [1.82, 2.24) is 9.47 Å². The van der Waals surface area contributed by atoms with Crippen LogP contribution in [-0.4, -0.2) is 40.7 Å². The van der Waals surface area contributed by atoms with E-state index < -0.39 is 18.1 Å². The Balaban J connectivity index is 1.67. The number of fused-ring (bicyclic) bond motifs is 1. The van der Waals surface area contributed by atoms with Crippen LogP contribution < -0.4 is 14.8 Å². The summed E-state index contributed by atoms with van der Waals surface area (Å²) in [5.41, 5.74) is 1.95. The normalized spacial score (nSPS) is 11.7. The summed E-state index contributed by atoms with van der Waals surface area (Å²) in [6, 6.07) is 20.8. The predicted molar refractivity (Wildman–Crippen MR) is 142 cm³/mol. The van der Waals surface area contributed by atoms with Crippen molar-refractivity contribution in [2.45, 2.75) is 33.4 Å². The maximum atomic E-state index is 13.7. The molecule has 1 heterocycles. The highest BCUT2D eigenvalue weighted by atomic mass is 19.1. The van der Waals surface area contributed by atoms with Gasteiger partial charge in [0, 0.05) is 31.2 Å². The summed E-state index contributed by atoms with van der Waals surface area (Å²) in [5, 5.41) is 3.59. The van der Waals surface area contributed by atoms with Gasteiger partial charge >= 0.3 is 6.09 Å². The Hall–Kier alpha value is -4.33. The van der Waals surface area contributed by atoms with Crippen molar-refractivity contribution in [2.75, 3.05) is 18.4 Å². The van der Waals surface area contributed by atoms with Gasteiger partial charge in [-0.2, -0.15) is 0 Å². The first kappa shape index (κ1) is 25.8. The van der Waals surface area contributed by atoms with Gasteiger partial charge in [0.2, 0.25) is 0 Å². The van der Waals surface area contributed by atoms with Gasteiger partial charge in [-0.3, -0.25) is 4.79 Å². The minimum Gasteiger partial charge on any atom is -0.481 e. The van der Waals surface area contributed by atoms with Gasteiger partial charge in [-0.15, -0.1) is 0 Å². The van der Waals surface area contributed by atoms with Gasteiger partial charge in [-0.05, 0) is 68.8 Å². The van der Waals surface area contributed by atoms with Crippen LogP contribution in [0, 0.1) is 5.82 Å². The van der Waals surface area contributed by atoms with Crippen molar-refractivity contribution in [3.8, 4) is 11.5 Å². The van der Waals surface area contributed by atoms with Crippen molar-refractivity contribution in [2.24, 2.45) is 0 Å². The first-order valence-corrected chi connectivity index (χ1v) is 12.2. The molecule has 8 heteroatoms. The van der Waals surface area contributed by atoms with Crippen molar-refractivity contribution in [3.63, 3.8) is 0 Å². The molecule has 0 radical (unpaired) electrons. The molecular formula is C29H30FN3O4. The number of anilines is 1. The standard InChI is InChI=1S/C29H30FN3O4/c1-4-32(5-2)29(35)37-26-15-14-25-24(16-17-33(25)19-21-10-9-11-22(30)18-21)27(26)31-28(34)20(3)36-23-12-7-6-8-13-23/h6-18,20H,4-5,19H2,1-3H3,(H,31,34)/t20-/m1/s1. The van der Waals surface area contributed by atoms with Crippen molar-refractivity contribution < 1.29 is 23.5 Å². The minimum atomic E-state index is -0.807. The molecule has 0 fully saturated rings. The fourth-order valence-corrected chi connectivity index (χ4v) is 4.06. The Labute approximate surface area is 215 Å². The van der Waals surface area contributed by atoms with Gasteiger partial charge < -0.3 is 24.3 Å². The Bertz CT molecular complexity index is 1380. The monoisotopic (exact) mass is 503 g/mol. The number of halogens is 1. The molecule has 1 atom stereocenters. The number of hydrogen-bond acceptors (Lipinski definition) is 4. The fraction of sp³-hybridized carbons (Fsp3) is 0.241. The average molecular weight is 504 g/mol. The van der Waals surface area contributed by atoms with Gasteiger partial charge in [0.05, 0.1) is 11.2 Å². The number of para-hydroxylation sites is 1. The van der Waals surface area contributed by atoms with Crippen LogP contribution in [0.4, 0.5) is 14.9 Å². The van der Waals surface area contributed by atoms with Gasteiger partial charge in [0.1, 0.15) is 11.6 Å². The van der Waals surface area contributed by atoms with E-state index in [1.165, 1.54) is 12.1 Å². The third-order valence-corrected chi connectivity index (χ3v) is 6.05. The van der Waals surface area contributed by atoms with Crippen LogP contribution in [0.15, 0.2) is 79.0 Å². The molecule has 7 nitrogen and oxygen atoms in total. The first-order chi connectivity index (χ1) is 17.9. The van der Waals surface area contributed by atoms with Crippen LogP contribution in [-0.2, 0) is 11.3 Å². The fourth-order valence-electron chi connectivity index (χ4n) is 4.06. The van der Waals surface area contributed by atoms with E-state index in [0.29, 0.717) is 36.5 Å². The number of amides is 2. The van der Waals surface area contributed by atoms with E-state index in [2.05, 4.69) is 5.32 Å². The lowest BCUT2D eigenvalue weighted by Crippen LogP contribution is -2.34. The number of nitrogens with zero attached hydrogens (tertiary/aromatic N) is 2. The van der Waals surface area contributed by atoms with Crippen LogP contribution >= 0.6 is 0 Å². The number of aromatic nitrogens is 1. The molecule has 0 bridgehead atoms. The second-order valence-corrected chi connectivity index (χ2v) is 8.55. The van der Waals surface area contributed by atoms with Gasteiger partial charge in [0.25, 0.3) is 5.91 Å². The number of ether oxygens (including phenoxy) is 2. The molecule has 3 aromatic carbocycles.